The molecule has 0 radical (unpaired) electrons. The molecule has 0 atom stereocenters. The van der Waals surface area contributed by atoms with E-state index < -0.39 is 0 Å². The molecule has 100 valence electrons. The van der Waals surface area contributed by atoms with Gasteiger partial charge in [0, 0.05) is 10.6 Å². The molecule has 0 amide bonds. The first kappa shape index (κ1) is 12.4. The van der Waals surface area contributed by atoms with E-state index in [9.17, 15) is 0 Å². The fourth-order valence-electron chi connectivity index (χ4n) is 2.87. The molecule has 0 aromatic heterocycles. The summed E-state index contributed by atoms with van der Waals surface area (Å²) >= 11 is 6.49. The van der Waals surface area contributed by atoms with Gasteiger partial charge in [0.05, 0.1) is 0 Å². The second-order valence-electron chi connectivity index (χ2n) is 5.21. The van der Waals surface area contributed by atoms with Crippen LogP contribution in [0.1, 0.15) is 0 Å². The van der Waals surface area contributed by atoms with E-state index in [1.807, 2.05) is 18.2 Å². The Morgan fingerprint density at radius 3 is 2.14 bits per heavy atom. The summed E-state index contributed by atoms with van der Waals surface area (Å²) in [5.41, 5.74) is 2.23. The number of fused-ring (bicyclic) bond motifs is 3. The summed E-state index contributed by atoms with van der Waals surface area (Å²) in [7, 11) is 0. The zero-order valence-electron chi connectivity index (χ0n) is 11.4. The smallest absolute Gasteiger partial charge is 0.0490 e. The van der Waals surface area contributed by atoms with Crippen molar-refractivity contribution in [2.45, 2.75) is 0 Å². The van der Waals surface area contributed by atoms with Gasteiger partial charge >= 0.3 is 0 Å². The first-order chi connectivity index (χ1) is 10.3. The molecule has 0 saturated carbocycles. The van der Waals surface area contributed by atoms with Crippen LogP contribution >= 0.6 is 11.6 Å². The second kappa shape index (κ2) is 4.91. The van der Waals surface area contributed by atoms with Gasteiger partial charge in [-0.05, 0) is 39.2 Å². The Labute approximate surface area is 128 Å². The van der Waals surface area contributed by atoms with Crippen LogP contribution in [0, 0.1) is 0 Å². The Hall–Kier alpha value is -2.31. The summed E-state index contributed by atoms with van der Waals surface area (Å²) in [5, 5.41) is 5.74. The topological polar surface area (TPSA) is 0 Å². The van der Waals surface area contributed by atoms with Crippen LogP contribution < -0.4 is 0 Å². The molecule has 0 unspecified atom stereocenters. The number of hydrogen-bond donors (Lipinski definition) is 0. The summed E-state index contributed by atoms with van der Waals surface area (Å²) in [4.78, 5) is 0. The summed E-state index contributed by atoms with van der Waals surface area (Å²) in [6.07, 6.45) is 0. The molecule has 0 saturated heterocycles. The van der Waals surface area contributed by atoms with E-state index in [0.29, 0.717) is 0 Å². The van der Waals surface area contributed by atoms with Gasteiger partial charge in [-0.3, -0.25) is 0 Å². The maximum atomic E-state index is 6.49. The fraction of sp³-hybridized carbons (Fsp3) is 0. The van der Waals surface area contributed by atoms with Gasteiger partial charge in [-0.15, -0.1) is 0 Å². The number of halogens is 1. The highest BCUT2D eigenvalue weighted by Gasteiger charge is 2.07. The summed E-state index contributed by atoms with van der Waals surface area (Å²) < 4.78 is 0. The highest BCUT2D eigenvalue weighted by Crippen LogP contribution is 2.35. The van der Waals surface area contributed by atoms with Crippen LogP contribution in [0.2, 0.25) is 5.02 Å². The van der Waals surface area contributed by atoms with E-state index in [-0.39, 0.29) is 0 Å². The van der Waals surface area contributed by atoms with Crippen LogP contribution in [0.15, 0.2) is 78.9 Å². The van der Waals surface area contributed by atoms with Gasteiger partial charge in [0.1, 0.15) is 0 Å². The van der Waals surface area contributed by atoms with Crippen LogP contribution in [0.5, 0.6) is 0 Å². The molecule has 0 aliphatic rings. The van der Waals surface area contributed by atoms with Crippen LogP contribution in [0.4, 0.5) is 0 Å². The zero-order chi connectivity index (χ0) is 14.2. The number of benzene rings is 4. The number of hydrogen-bond acceptors (Lipinski definition) is 0. The SMILES string of the molecule is Clc1cc2ccc3ccccc3c2cc1-c1ccccc1. The molecule has 0 N–H and O–H groups in total. The average molecular weight is 289 g/mol. The third-order valence-electron chi connectivity index (χ3n) is 3.92. The molecule has 0 fully saturated rings. The maximum absolute atomic E-state index is 6.49. The molecule has 0 spiro atoms. The molecule has 21 heavy (non-hydrogen) atoms. The third kappa shape index (κ3) is 2.09. The lowest BCUT2D eigenvalue weighted by Crippen LogP contribution is -1.83. The van der Waals surface area contributed by atoms with Crippen molar-refractivity contribution in [1.29, 1.82) is 0 Å². The van der Waals surface area contributed by atoms with Crippen molar-refractivity contribution in [2.75, 3.05) is 0 Å². The molecular formula is C20H13Cl. The van der Waals surface area contributed by atoms with Gasteiger partial charge in [0.2, 0.25) is 0 Å². The Morgan fingerprint density at radius 1 is 0.571 bits per heavy atom. The van der Waals surface area contributed by atoms with Gasteiger partial charge in [-0.2, -0.15) is 0 Å². The minimum atomic E-state index is 0.795. The summed E-state index contributed by atoms with van der Waals surface area (Å²) in [6.45, 7) is 0. The predicted molar refractivity (Wildman–Crippen MR) is 91.9 cm³/mol. The Bertz CT molecular complexity index is 940. The van der Waals surface area contributed by atoms with Crippen LogP contribution in [0.25, 0.3) is 32.7 Å². The molecule has 0 aliphatic carbocycles. The molecule has 4 aromatic rings. The minimum absolute atomic E-state index is 0.795. The Kier molecular flexibility index (Phi) is 2.90. The van der Waals surface area contributed by atoms with Crippen molar-refractivity contribution in [3.63, 3.8) is 0 Å². The first-order valence-electron chi connectivity index (χ1n) is 6.99. The molecular weight excluding hydrogens is 276 g/mol. The van der Waals surface area contributed by atoms with Gasteiger partial charge < -0.3 is 0 Å². The monoisotopic (exact) mass is 288 g/mol. The molecule has 0 bridgehead atoms. The van der Waals surface area contributed by atoms with Gasteiger partial charge in [-0.1, -0.05) is 78.3 Å². The van der Waals surface area contributed by atoms with Crippen molar-refractivity contribution in [3.8, 4) is 11.1 Å². The second-order valence-corrected chi connectivity index (χ2v) is 5.61. The van der Waals surface area contributed by atoms with E-state index in [2.05, 4.69) is 60.7 Å². The molecule has 0 aliphatic heterocycles. The molecule has 0 heterocycles. The van der Waals surface area contributed by atoms with E-state index in [4.69, 9.17) is 11.6 Å². The highest BCUT2D eigenvalue weighted by atomic mass is 35.5. The lowest BCUT2D eigenvalue weighted by atomic mass is 9.97. The summed E-state index contributed by atoms with van der Waals surface area (Å²) in [5.74, 6) is 0. The normalized spacial score (nSPS) is 11.1. The molecule has 4 rings (SSSR count). The Balaban J connectivity index is 2.09. The van der Waals surface area contributed by atoms with Gasteiger partial charge in [0.25, 0.3) is 0 Å². The maximum Gasteiger partial charge on any atom is 0.0490 e. The fourth-order valence-corrected chi connectivity index (χ4v) is 3.15. The quantitative estimate of drug-likeness (QED) is 0.360. The Morgan fingerprint density at radius 2 is 1.29 bits per heavy atom. The van der Waals surface area contributed by atoms with Crippen molar-refractivity contribution in [3.05, 3.63) is 83.9 Å². The van der Waals surface area contributed by atoms with Crippen molar-refractivity contribution in [1.82, 2.24) is 0 Å². The van der Waals surface area contributed by atoms with Gasteiger partial charge in [-0.25, -0.2) is 0 Å². The minimum Gasteiger partial charge on any atom is -0.0836 e. The standard InChI is InChI=1S/C20H13Cl/c21-20-12-16-11-10-15-8-4-5-9-17(15)18(16)13-19(20)14-6-2-1-3-7-14/h1-13H. The third-order valence-corrected chi connectivity index (χ3v) is 4.23. The van der Waals surface area contributed by atoms with Crippen LogP contribution in [0.3, 0.4) is 0 Å². The summed E-state index contributed by atoms with van der Waals surface area (Å²) in [6, 6.07) is 27.3. The van der Waals surface area contributed by atoms with Crippen LogP contribution in [-0.2, 0) is 0 Å². The predicted octanol–water partition coefficient (Wildman–Crippen LogP) is 6.31. The lowest BCUT2D eigenvalue weighted by Gasteiger charge is -2.09. The lowest BCUT2D eigenvalue weighted by molar-refractivity contribution is 1.65. The zero-order valence-corrected chi connectivity index (χ0v) is 12.1. The van der Waals surface area contributed by atoms with Crippen molar-refractivity contribution in [2.24, 2.45) is 0 Å². The molecule has 4 aromatic carbocycles. The van der Waals surface area contributed by atoms with Crippen molar-refractivity contribution >= 4 is 33.1 Å². The molecule has 0 nitrogen and oxygen atoms in total. The van der Waals surface area contributed by atoms with Crippen molar-refractivity contribution < 1.29 is 0 Å². The van der Waals surface area contributed by atoms with Gasteiger partial charge in [0.15, 0.2) is 0 Å². The van der Waals surface area contributed by atoms with Crippen LogP contribution in [-0.4, -0.2) is 0 Å². The number of rotatable bonds is 1. The first-order valence-corrected chi connectivity index (χ1v) is 7.37. The van der Waals surface area contributed by atoms with E-state index in [0.717, 1.165) is 16.1 Å². The average Bonchev–Trinajstić information content (AvgIpc) is 2.55. The van der Waals surface area contributed by atoms with E-state index >= 15 is 0 Å². The molecule has 1 heteroatoms. The van der Waals surface area contributed by atoms with E-state index in [1.54, 1.807) is 0 Å². The van der Waals surface area contributed by atoms with E-state index in [1.165, 1.54) is 21.5 Å². The highest BCUT2D eigenvalue weighted by molar-refractivity contribution is 6.34. The largest absolute Gasteiger partial charge is 0.0836 e.